The van der Waals surface area contributed by atoms with Crippen molar-refractivity contribution >= 4 is 27.5 Å². The Kier molecular flexibility index (Phi) is 6.55. The van der Waals surface area contributed by atoms with Crippen LogP contribution in [-0.2, 0) is 4.79 Å². The van der Waals surface area contributed by atoms with E-state index in [4.69, 9.17) is 5.73 Å². The molecule has 0 saturated carbocycles. The summed E-state index contributed by atoms with van der Waals surface area (Å²) in [6.45, 7) is 3.66. The summed E-state index contributed by atoms with van der Waals surface area (Å²) in [4.78, 5) is 11.9. The quantitative estimate of drug-likeness (QED) is 0.767. The van der Waals surface area contributed by atoms with Gasteiger partial charge in [-0.1, -0.05) is 13.3 Å². The van der Waals surface area contributed by atoms with Gasteiger partial charge < -0.3 is 11.1 Å². The van der Waals surface area contributed by atoms with Crippen molar-refractivity contribution in [1.29, 1.82) is 0 Å². The summed E-state index contributed by atoms with van der Waals surface area (Å²) in [6.07, 6.45) is 2.32. The molecule has 112 valence electrons. The van der Waals surface area contributed by atoms with Crippen LogP contribution in [0.1, 0.15) is 33.1 Å². The van der Waals surface area contributed by atoms with Crippen LogP contribution in [-0.4, -0.2) is 11.9 Å². The van der Waals surface area contributed by atoms with Gasteiger partial charge in [0.25, 0.3) is 0 Å². The van der Waals surface area contributed by atoms with Gasteiger partial charge in [-0.2, -0.15) is 0 Å². The first-order valence-corrected chi connectivity index (χ1v) is 7.31. The third-order valence-corrected chi connectivity index (χ3v) is 3.62. The summed E-state index contributed by atoms with van der Waals surface area (Å²) in [6, 6.07) is 2.06. The number of amides is 1. The van der Waals surface area contributed by atoms with Gasteiger partial charge in [-0.3, -0.25) is 4.79 Å². The maximum absolute atomic E-state index is 13.6. The first kappa shape index (κ1) is 17.0. The normalized spacial score (nSPS) is 13.9. The maximum Gasteiger partial charge on any atom is 0.227 e. The number of nitrogens with two attached hydrogens (primary N) is 1. The van der Waals surface area contributed by atoms with Crippen molar-refractivity contribution in [3.63, 3.8) is 0 Å². The summed E-state index contributed by atoms with van der Waals surface area (Å²) >= 11 is 2.88. The van der Waals surface area contributed by atoms with E-state index in [0.717, 1.165) is 25.0 Å². The van der Waals surface area contributed by atoms with Crippen LogP contribution in [0.3, 0.4) is 0 Å². The van der Waals surface area contributed by atoms with Crippen LogP contribution < -0.4 is 11.1 Å². The number of hydrogen-bond acceptors (Lipinski definition) is 2. The number of nitrogens with one attached hydrogen (secondary N) is 1. The summed E-state index contributed by atoms with van der Waals surface area (Å²) in [5, 5.41) is 2.41. The molecule has 0 aliphatic rings. The molecule has 0 aliphatic carbocycles. The summed E-state index contributed by atoms with van der Waals surface area (Å²) in [5.74, 6) is -1.89. The minimum atomic E-state index is -0.672. The lowest BCUT2D eigenvalue weighted by Crippen LogP contribution is -2.22. The van der Waals surface area contributed by atoms with Gasteiger partial charge in [0.05, 0.1) is 10.2 Å². The lowest BCUT2D eigenvalue weighted by Gasteiger charge is -2.13. The average Bonchev–Trinajstić information content (AvgIpc) is 2.35. The largest absolute Gasteiger partial charge is 0.328 e. The molecular formula is C14H19BrF2N2O. The van der Waals surface area contributed by atoms with Gasteiger partial charge >= 0.3 is 0 Å². The molecule has 0 bridgehead atoms. The van der Waals surface area contributed by atoms with E-state index in [1.165, 1.54) is 0 Å². The van der Waals surface area contributed by atoms with Crippen LogP contribution in [0.2, 0.25) is 0 Å². The Balaban J connectivity index is 2.59. The fourth-order valence-electron chi connectivity index (χ4n) is 1.75. The van der Waals surface area contributed by atoms with Gasteiger partial charge in [-0.15, -0.1) is 0 Å². The number of carbonyl (C=O) groups excluding carboxylic acids is 1. The lowest BCUT2D eigenvalue weighted by atomic mass is 10.0. The molecule has 0 saturated heterocycles. The van der Waals surface area contributed by atoms with Crippen LogP contribution in [0.15, 0.2) is 16.6 Å². The van der Waals surface area contributed by atoms with Gasteiger partial charge in [-0.25, -0.2) is 8.78 Å². The minimum Gasteiger partial charge on any atom is -0.328 e. The summed E-state index contributed by atoms with van der Waals surface area (Å²) in [7, 11) is 0. The number of carbonyl (C=O) groups is 1. The highest BCUT2D eigenvalue weighted by Crippen LogP contribution is 2.24. The number of rotatable bonds is 6. The van der Waals surface area contributed by atoms with Crippen LogP contribution in [0.5, 0.6) is 0 Å². The van der Waals surface area contributed by atoms with Crippen molar-refractivity contribution in [1.82, 2.24) is 0 Å². The van der Waals surface area contributed by atoms with E-state index in [1.54, 1.807) is 6.92 Å². The minimum absolute atomic E-state index is 0.0259. The standard InChI is InChI=1S/C14H19BrF2N2O/c1-8(4-3-5-9(2)18)14(20)19-13-7-11(16)10(15)6-12(13)17/h6-9H,3-5,18H2,1-2H3,(H,19,20). The molecular weight excluding hydrogens is 330 g/mol. The topological polar surface area (TPSA) is 55.1 Å². The second-order valence-corrected chi connectivity index (χ2v) is 5.90. The van der Waals surface area contributed by atoms with E-state index < -0.39 is 11.6 Å². The summed E-state index contributed by atoms with van der Waals surface area (Å²) < 4.78 is 26.9. The molecule has 1 amide bonds. The molecule has 1 rings (SSSR count). The monoisotopic (exact) mass is 348 g/mol. The van der Waals surface area contributed by atoms with Gasteiger partial charge in [-0.05, 0) is 41.8 Å². The lowest BCUT2D eigenvalue weighted by molar-refractivity contribution is -0.119. The molecule has 2 unspecified atom stereocenters. The van der Waals surface area contributed by atoms with Crippen molar-refractivity contribution in [2.75, 3.05) is 5.32 Å². The van der Waals surface area contributed by atoms with Crippen molar-refractivity contribution in [3.8, 4) is 0 Å². The Morgan fingerprint density at radius 1 is 1.30 bits per heavy atom. The van der Waals surface area contributed by atoms with Gasteiger partial charge in [0.2, 0.25) is 5.91 Å². The van der Waals surface area contributed by atoms with E-state index >= 15 is 0 Å². The number of benzene rings is 1. The molecule has 0 fully saturated rings. The molecule has 1 aromatic rings. The highest BCUT2D eigenvalue weighted by Gasteiger charge is 2.16. The average molecular weight is 349 g/mol. The molecule has 3 nitrogen and oxygen atoms in total. The van der Waals surface area contributed by atoms with E-state index in [1.807, 2.05) is 6.92 Å². The van der Waals surface area contributed by atoms with Crippen LogP contribution in [0.4, 0.5) is 14.5 Å². The smallest absolute Gasteiger partial charge is 0.227 e. The van der Waals surface area contributed by atoms with Crippen LogP contribution in [0, 0.1) is 17.6 Å². The zero-order chi connectivity index (χ0) is 15.3. The molecule has 0 spiro atoms. The Hall–Kier alpha value is -1.01. The SMILES string of the molecule is CC(N)CCCC(C)C(=O)Nc1cc(F)c(Br)cc1F. The molecule has 1 aromatic carbocycles. The Morgan fingerprint density at radius 3 is 2.55 bits per heavy atom. The summed E-state index contributed by atoms with van der Waals surface area (Å²) in [5.41, 5.74) is 5.49. The van der Waals surface area contributed by atoms with Gasteiger partial charge in [0.15, 0.2) is 0 Å². The maximum atomic E-state index is 13.6. The third kappa shape index (κ3) is 5.17. The highest BCUT2D eigenvalue weighted by atomic mass is 79.9. The molecule has 20 heavy (non-hydrogen) atoms. The Bertz CT molecular complexity index is 480. The van der Waals surface area contributed by atoms with E-state index in [2.05, 4.69) is 21.2 Å². The van der Waals surface area contributed by atoms with Gasteiger partial charge in [0, 0.05) is 18.0 Å². The van der Waals surface area contributed by atoms with Crippen molar-refractivity contribution in [3.05, 3.63) is 28.2 Å². The first-order chi connectivity index (χ1) is 9.31. The second kappa shape index (κ2) is 7.69. The molecule has 0 radical (unpaired) electrons. The Labute approximate surface area is 126 Å². The highest BCUT2D eigenvalue weighted by molar-refractivity contribution is 9.10. The molecule has 2 atom stereocenters. The fourth-order valence-corrected chi connectivity index (χ4v) is 2.07. The first-order valence-electron chi connectivity index (χ1n) is 6.52. The predicted molar refractivity (Wildman–Crippen MR) is 79.4 cm³/mol. The Morgan fingerprint density at radius 2 is 1.95 bits per heavy atom. The van der Waals surface area contributed by atoms with E-state index in [0.29, 0.717) is 6.42 Å². The zero-order valence-electron chi connectivity index (χ0n) is 11.6. The third-order valence-electron chi connectivity index (χ3n) is 3.01. The zero-order valence-corrected chi connectivity index (χ0v) is 13.1. The van der Waals surface area contributed by atoms with E-state index in [9.17, 15) is 13.6 Å². The molecule has 0 aromatic heterocycles. The second-order valence-electron chi connectivity index (χ2n) is 5.04. The van der Waals surface area contributed by atoms with Crippen LogP contribution >= 0.6 is 15.9 Å². The molecule has 3 N–H and O–H groups in total. The van der Waals surface area contributed by atoms with Crippen molar-refractivity contribution in [2.24, 2.45) is 11.7 Å². The number of hydrogen-bond donors (Lipinski definition) is 2. The number of anilines is 1. The van der Waals surface area contributed by atoms with Crippen LogP contribution in [0.25, 0.3) is 0 Å². The molecule has 0 heterocycles. The molecule has 0 aliphatic heterocycles. The van der Waals surface area contributed by atoms with E-state index in [-0.39, 0.29) is 28.0 Å². The predicted octanol–water partition coefficient (Wildman–Crippen LogP) is 3.82. The molecule has 6 heteroatoms. The van der Waals surface area contributed by atoms with Crippen molar-refractivity contribution < 1.29 is 13.6 Å². The van der Waals surface area contributed by atoms with Gasteiger partial charge in [0.1, 0.15) is 11.6 Å². The fraction of sp³-hybridized carbons (Fsp3) is 0.500. The number of halogens is 3. The van der Waals surface area contributed by atoms with Crippen molar-refractivity contribution in [2.45, 2.75) is 39.2 Å².